The van der Waals surface area contributed by atoms with Gasteiger partial charge in [0.05, 0.1) is 12.0 Å². The highest BCUT2D eigenvalue weighted by molar-refractivity contribution is 5.82. The molecule has 0 radical (unpaired) electrons. The molecule has 1 aromatic rings. The molecule has 1 fully saturated rings. The number of nitro benzene ring substituents is 1. The number of methoxy groups -OCH3 is 1. The molecule has 1 unspecified atom stereocenters. The maximum Gasteiger partial charge on any atom is 0.328 e. The molecule has 6 nitrogen and oxygen atoms in total. The molecule has 1 heterocycles. The number of nitrogens with zero attached hydrogens (tertiary/aromatic N) is 2. The molecule has 108 valence electrons. The Morgan fingerprint density at radius 1 is 1.45 bits per heavy atom. The van der Waals surface area contributed by atoms with Gasteiger partial charge in [-0.1, -0.05) is 6.07 Å². The number of aryl methyl sites for hydroxylation is 1. The average molecular weight is 278 g/mol. The number of piperidine rings is 1. The predicted molar refractivity (Wildman–Crippen MR) is 74.8 cm³/mol. The first-order valence-corrected chi connectivity index (χ1v) is 6.64. The molecule has 0 saturated carbocycles. The Labute approximate surface area is 117 Å². The molecule has 0 bridgehead atoms. The van der Waals surface area contributed by atoms with Crippen molar-refractivity contribution in [1.82, 2.24) is 0 Å². The predicted octanol–water partition coefficient (Wildman–Crippen LogP) is 2.44. The van der Waals surface area contributed by atoms with Crippen LogP contribution in [0.3, 0.4) is 0 Å². The number of esters is 1. The highest BCUT2D eigenvalue weighted by Crippen LogP contribution is 2.33. The number of nitro groups is 1. The van der Waals surface area contributed by atoms with Gasteiger partial charge >= 0.3 is 5.97 Å². The molecule has 20 heavy (non-hydrogen) atoms. The second kappa shape index (κ2) is 5.90. The molecule has 0 aliphatic carbocycles. The van der Waals surface area contributed by atoms with E-state index in [2.05, 4.69) is 0 Å². The molecule has 0 aromatic heterocycles. The van der Waals surface area contributed by atoms with E-state index in [1.54, 1.807) is 11.0 Å². The molecule has 1 aromatic carbocycles. The minimum absolute atomic E-state index is 0.0424. The quantitative estimate of drug-likeness (QED) is 0.482. The number of hydrogen-bond donors (Lipinski definition) is 0. The molecule has 1 aliphatic rings. The third kappa shape index (κ3) is 2.74. The topological polar surface area (TPSA) is 72.7 Å². The summed E-state index contributed by atoms with van der Waals surface area (Å²) in [6.07, 6.45) is 2.51. The number of benzene rings is 1. The van der Waals surface area contributed by atoms with Crippen LogP contribution < -0.4 is 4.90 Å². The first-order chi connectivity index (χ1) is 9.54. The number of anilines is 1. The number of carbonyl (C=O) groups excluding carboxylic acids is 1. The molecule has 0 N–H and O–H groups in total. The van der Waals surface area contributed by atoms with Gasteiger partial charge in [0, 0.05) is 12.6 Å². The summed E-state index contributed by atoms with van der Waals surface area (Å²) in [6, 6.07) is 4.65. The van der Waals surface area contributed by atoms with Gasteiger partial charge in [0.15, 0.2) is 0 Å². The van der Waals surface area contributed by atoms with Crippen LogP contribution in [0.15, 0.2) is 18.2 Å². The Hall–Kier alpha value is -2.11. The van der Waals surface area contributed by atoms with Gasteiger partial charge in [0.1, 0.15) is 11.7 Å². The van der Waals surface area contributed by atoms with E-state index >= 15 is 0 Å². The van der Waals surface area contributed by atoms with Gasteiger partial charge < -0.3 is 9.64 Å². The Balaban J connectivity index is 2.42. The summed E-state index contributed by atoms with van der Waals surface area (Å²) in [5.41, 5.74) is 1.36. The van der Waals surface area contributed by atoms with E-state index in [4.69, 9.17) is 4.74 Å². The van der Waals surface area contributed by atoms with E-state index in [1.807, 2.05) is 13.0 Å². The lowest BCUT2D eigenvalue weighted by molar-refractivity contribution is -0.384. The van der Waals surface area contributed by atoms with Crippen molar-refractivity contribution in [2.24, 2.45) is 0 Å². The zero-order chi connectivity index (χ0) is 14.7. The lowest BCUT2D eigenvalue weighted by Crippen LogP contribution is -2.45. The second-order valence-electron chi connectivity index (χ2n) is 4.98. The van der Waals surface area contributed by atoms with Gasteiger partial charge in [-0.25, -0.2) is 4.79 Å². The minimum Gasteiger partial charge on any atom is -0.467 e. The maximum atomic E-state index is 11.9. The van der Waals surface area contributed by atoms with Crippen LogP contribution in [0.5, 0.6) is 0 Å². The number of rotatable bonds is 3. The van der Waals surface area contributed by atoms with E-state index in [-0.39, 0.29) is 11.7 Å². The lowest BCUT2D eigenvalue weighted by Gasteiger charge is -2.35. The van der Waals surface area contributed by atoms with Crippen LogP contribution in [-0.2, 0) is 9.53 Å². The fourth-order valence-electron chi connectivity index (χ4n) is 2.62. The molecule has 1 saturated heterocycles. The van der Waals surface area contributed by atoms with Crippen LogP contribution in [0.1, 0.15) is 24.8 Å². The van der Waals surface area contributed by atoms with Gasteiger partial charge in [-0.3, -0.25) is 10.1 Å². The average Bonchev–Trinajstić information content (AvgIpc) is 2.46. The van der Waals surface area contributed by atoms with Crippen molar-refractivity contribution in [3.05, 3.63) is 33.9 Å². The van der Waals surface area contributed by atoms with Crippen LogP contribution in [0, 0.1) is 17.0 Å². The van der Waals surface area contributed by atoms with Crippen molar-refractivity contribution in [3.8, 4) is 0 Å². The molecular formula is C14H18N2O4. The van der Waals surface area contributed by atoms with Gasteiger partial charge in [-0.2, -0.15) is 0 Å². The second-order valence-corrected chi connectivity index (χ2v) is 4.98. The molecule has 2 rings (SSSR count). The molecule has 0 amide bonds. The van der Waals surface area contributed by atoms with E-state index in [9.17, 15) is 14.9 Å². The lowest BCUT2D eigenvalue weighted by atomic mass is 10.0. The highest BCUT2D eigenvalue weighted by atomic mass is 16.6. The van der Waals surface area contributed by atoms with Crippen molar-refractivity contribution in [2.45, 2.75) is 32.2 Å². The SMILES string of the molecule is COC(=O)C1CCCCN1c1ccc(C)cc1[N+](=O)[O-]. The Morgan fingerprint density at radius 2 is 2.20 bits per heavy atom. The summed E-state index contributed by atoms with van der Waals surface area (Å²) in [7, 11) is 1.35. The van der Waals surface area contributed by atoms with Crippen molar-refractivity contribution in [2.75, 3.05) is 18.6 Å². The molecule has 6 heteroatoms. The summed E-state index contributed by atoms with van der Waals surface area (Å²) in [5.74, 6) is -0.334. The van der Waals surface area contributed by atoms with E-state index in [0.29, 0.717) is 18.7 Å². The normalized spacial score (nSPS) is 18.7. The number of carbonyl (C=O) groups is 1. The van der Waals surface area contributed by atoms with Crippen LogP contribution in [0.25, 0.3) is 0 Å². The fraction of sp³-hybridized carbons (Fsp3) is 0.500. The van der Waals surface area contributed by atoms with Crippen LogP contribution in [0.4, 0.5) is 11.4 Å². The Morgan fingerprint density at radius 3 is 2.85 bits per heavy atom. The molecule has 0 spiro atoms. The third-order valence-corrected chi connectivity index (χ3v) is 3.61. The van der Waals surface area contributed by atoms with Gasteiger partial charge in [0.25, 0.3) is 5.69 Å². The zero-order valence-corrected chi connectivity index (χ0v) is 11.7. The fourth-order valence-corrected chi connectivity index (χ4v) is 2.62. The van der Waals surface area contributed by atoms with Crippen molar-refractivity contribution >= 4 is 17.3 Å². The van der Waals surface area contributed by atoms with E-state index in [1.165, 1.54) is 13.2 Å². The number of hydrogen-bond acceptors (Lipinski definition) is 5. The molecular weight excluding hydrogens is 260 g/mol. The summed E-state index contributed by atoms with van der Waals surface area (Å²) in [5, 5.41) is 11.2. The zero-order valence-electron chi connectivity index (χ0n) is 11.7. The smallest absolute Gasteiger partial charge is 0.328 e. The first kappa shape index (κ1) is 14.3. The van der Waals surface area contributed by atoms with E-state index in [0.717, 1.165) is 18.4 Å². The van der Waals surface area contributed by atoms with Crippen molar-refractivity contribution in [1.29, 1.82) is 0 Å². The number of ether oxygens (including phenoxy) is 1. The standard InChI is InChI=1S/C14H18N2O4/c1-10-6-7-11(13(9-10)16(18)19)15-8-4-3-5-12(15)14(17)20-2/h6-7,9,12H,3-5,8H2,1-2H3. The molecule has 1 aliphatic heterocycles. The van der Waals surface area contributed by atoms with E-state index < -0.39 is 11.0 Å². The summed E-state index contributed by atoms with van der Waals surface area (Å²) >= 11 is 0. The molecule has 1 atom stereocenters. The maximum absolute atomic E-state index is 11.9. The van der Waals surface area contributed by atoms with Gasteiger partial charge in [-0.15, -0.1) is 0 Å². The summed E-state index contributed by atoms with van der Waals surface area (Å²) < 4.78 is 4.82. The largest absolute Gasteiger partial charge is 0.467 e. The first-order valence-electron chi connectivity index (χ1n) is 6.64. The monoisotopic (exact) mass is 278 g/mol. The van der Waals surface area contributed by atoms with Crippen LogP contribution >= 0.6 is 0 Å². The van der Waals surface area contributed by atoms with Gasteiger partial charge in [0.2, 0.25) is 0 Å². The minimum atomic E-state index is -0.435. The third-order valence-electron chi connectivity index (χ3n) is 3.61. The Bertz CT molecular complexity index is 530. The van der Waals surface area contributed by atoms with Crippen LogP contribution in [0.2, 0.25) is 0 Å². The summed E-state index contributed by atoms with van der Waals surface area (Å²) in [4.78, 5) is 24.5. The highest BCUT2D eigenvalue weighted by Gasteiger charge is 2.33. The van der Waals surface area contributed by atoms with Crippen molar-refractivity contribution < 1.29 is 14.5 Å². The van der Waals surface area contributed by atoms with Crippen molar-refractivity contribution in [3.63, 3.8) is 0 Å². The van der Waals surface area contributed by atoms with Crippen LogP contribution in [-0.4, -0.2) is 30.6 Å². The van der Waals surface area contributed by atoms with Gasteiger partial charge in [-0.05, 0) is 37.8 Å². The Kier molecular flexibility index (Phi) is 4.22. The summed E-state index contributed by atoms with van der Waals surface area (Å²) in [6.45, 7) is 2.44.